The second kappa shape index (κ2) is 5.06. The van der Waals surface area contributed by atoms with Gasteiger partial charge in [0.15, 0.2) is 0 Å². The van der Waals surface area contributed by atoms with Crippen LogP contribution in [0.2, 0.25) is 0 Å². The average molecular weight is 228 g/mol. The summed E-state index contributed by atoms with van der Waals surface area (Å²) in [5, 5.41) is 10.4. The molecule has 0 aromatic carbocycles. The van der Waals surface area contributed by atoms with E-state index >= 15 is 0 Å². The zero-order valence-corrected chi connectivity index (χ0v) is 10.1. The molecule has 0 saturated heterocycles. The van der Waals surface area contributed by atoms with Crippen LogP contribution in [0, 0.1) is 6.92 Å². The van der Waals surface area contributed by atoms with Crippen LogP contribution < -0.4 is 0 Å². The van der Waals surface area contributed by atoms with Crippen molar-refractivity contribution in [1.82, 2.24) is 9.97 Å². The summed E-state index contributed by atoms with van der Waals surface area (Å²) in [5.74, 6) is 0. The molecule has 2 aromatic heterocycles. The summed E-state index contributed by atoms with van der Waals surface area (Å²) in [6.07, 6.45) is 7.24. The Morgan fingerprint density at radius 2 is 2.06 bits per heavy atom. The van der Waals surface area contributed by atoms with Crippen LogP contribution >= 0.6 is 0 Å². The molecule has 0 aliphatic heterocycles. The highest BCUT2D eigenvalue weighted by molar-refractivity contribution is 5.33. The van der Waals surface area contributed by atoms with Gasteiger partial charge in [0, 0.05) is 30.4 Å². The minimum atomic E-state index is -0.625. The number of aliphatic hydroxyl groups is 1. The molecule has 0 aliphatic carbocycles. The van der Waals surface area contributed by atoms with Crippen LogP contribution in [0.5, 0.6) is 0 Å². The maximum atomic E-state index is 10.4. The molecule has 88 valence electrons. The molecule has 0 saturated carbocycles. The molecule has 1 unspecified atom stereocenters. The van der Waals surface area contributed by atoms with E-state index in [0.717, 1.165) is 28.7 Å². The molecule has 0 bridgehead atoms. The van der Waals surface area contributed by atoms with Crippen molar-refractivity contribution < 1.29 is 5.11 Å². The number of aliphatic hydroxyl groups excluding tert-OH is 1. The van der Waals surface area contributed by atoms with E-state index in [0.29, 0.717) is 0 Å². The molecular formula is C14H16N2O. The van der Waals surface area contributed by atoms with E-state index in [-0.39, 0.29) is 0 Å². The molecule has 0 spiro atoms. The molecule has 1 N–H and O–H groups in total. The Hall–Kier alpha value is -1.74. The lowest BCUT2D eigenvalue weighted by Gasteiger charge is -2.14. The van der Waals surface area contributed by atoms with Gasteiger partial charge in [0.2, 0.25) is 0 Å². The maximum absolute atomic E-state index is 10.4. The van der Waals surface area contributed by atoms with Crippen LogP contribution in [-0.4, -0.2) is 15.1 Å². The van der Waals surface area contributed by atoms with Crippen LogP contribution in [0.4, 0.5) is 0 Å². The van der Waals surface area contributed by atoms with Gasteiger partial charge in [0.05, 0.1) is 0 Å². The monoisotopic (exact) mass is 228 g/mol. The van der Waals surface area contributed by atoms with Gasteiger partial charge < -0.3 is 5.11 Å². The number of rotatable bonds is 3. The number of aromatic nitrogens is 2. The highest BCUT2D eigenvalue weighted by Crippen LogP contribution is 2.24. The summed E-state index contributed by atoms with van der Waals surface area (Å²) in [4.78, 5) is 8.19. The molecule has 3 nitrogen and oxygen atoms in total. The fourth-order valence-corrected chi connectivity index (χ4v) is 1.91. The molecule has 0 radical (unpaired) electrons. The smallest absolute Gasteiger partial charge is 0.106 e. The largest absolute Gasteiger partial charge is 0.384 e. The summed E-state index contributed by atoms with van der Waals surface area (Å²) in [7, 11) is 0. The molecule has 17 heavy (non-hydrogen) atoms. The fraction of sp³-hybridized carbons (Fsp3) is 0.286. The van der Waals surface area contributed by atoms with Crippen molar-refractivity contribution in [2.45, 2.75) is 26.4 Å². The Kier molecular flexibility index (Phi) is 3.49. The zero-order valence-electron chi connectivity index (χ0n) is 10.1. The zero-order chi connectivity index (χ0) is 12.3. The van der Waals surface area contributed by atoms with E-state index in [1.807, 2.05) is 25.3 Å². The van der Waals surface area contributed by atoms with E-state index < -0.39 is 6.10 Å². The van der Waals surface area contributed by atoms with Gasteiger partial charge in [0.25, 0.3) is 0 Å². The van der Waals surface area contributed by atoms with Gasteiger partial charge in [-0.3, -0.25) is 9.97 Å². The van der Waals surface area contributed by atoms with Gasteiger partial charge in [-0.15, -0.1) is 0 Å². The van der Waals surface area contributed by atoms with Crippen molar-refractivity contribution in [2.75, 3.05) is 0 Å². The van der Waals surface area contributed by atoms with Gasteiger partial charge in [-0.25, -0.2) is 0 Å². The average Bonchev–Trinajstić information content (AvgIpc) is 2.38. The van der Waals surface area contributed by atoms with Gasteiger partial charge in [-0.2, -0.15) is 0 Å². The summed E-state index contributed by atoms with van der Waals surface area (Å²) in [6.45, 7) is 4.03. The molecular weight excluding hydrogens is 212 g/mol. The SMILES string of the molecule is CCc1cnccc1C(O)c1cncc(C)c1. The first kappa shape index (κ1) is 11.7. The summed E-state index contributed by atoms with van der Waals surface area (Å²) < 4.78 is 0. The number of hydrogen-bond acceptors (Lipinski definition) is 3. The molecule has 2 heterocycles. The highest BCUT2D eigenvalue weighted by atomic mass is 16.3. The van der Waals surface area contributed by atoms with Crippen molar-refractivity contribution in [1.29, 1.82) is 0 Å². The van der Waals surface area contributed by atoms with Gasteiger partial charge in [0.1, 0.15) is 6.10 Å². The highest BCUT2D eigenvalue weighted by Gasteiger charge is 2.14. The minimum Gasteiger partial charge on any atom is -0.384 e. The first-order valence-corrected chi connectivity index (χ1v) is 5.74. The third-order valence-corrected chi connectivity index (χ3v) is 2.83. The second-order valence-corrected chi connectivity index (χ2v) is 4.13. The molecule has 2 rings (SSSR count). The molecule has 0 aliphatic rings. The van der Waals surface area contributed by atoms with Crippen LogP contribution in [0.3, 0.4) is 0 Å². The lowest BCUT2D eigenvalue weighted by Crippen LogP contribution is -2.04. The Labute approximate surface area is 101 Å². The molecule has 0 fully saturated rings. The van der Waals surface area contributed by atoms with Crippen molar-refractivity contribution in [3.8, 4) is 0 Å². The first-order chi connectivity index (χ1) is 8.22. The van der Waals surface area contributed by atoms with Crippen LogP contribution in [0.25, 0.3) is 0 Å². The van der Waals surface area contributed by atoms with Crippen molar-refractivity contribution >= 4 is 0 Å². The minimum absolute atomic E-state index is 0.625. The second-order valence-electron chi connectivity index (χ2n) is 4.13. The Morgan fingerprint density at radius 1 is 1.24 bits per heavy atom. The van der Waals surface area contributed by atoms with E-state index in [4.69, 9.17) is 0 Å². The Balaban J connectivity index is 2.40. The number of pyridine rings is 2. The van der Waals surface area contributed by atoms with Crippen molar-refractivity contribution in [3.05, 3.63) is 59.2 Å². The Morgan fingerprint density at radius 3 is 2.76 bits per heavy atom. The van der Waals surface area contributed by atoms with Gasteiger partial charge >= 0.3 is 0 Å². The van der Waals surface area contributed by atoms with Crippen LogP contribution in [0.1, 0.15) is 35.3 Å². The molecule has 1 atom stereocenters. The first-order valence-electron chi connectivity index (χ1n) is 5.74. The predicted octanol–water partition coefficient (Wildman–Crippen LogP) is 2.43. The van der Waals surface area contributed by atoms with Crippen molar-refractivity contribution in [2.24, 2.45) is 0 Å². The van der Waals surface area contributed by atoms with Crippen LogP contribution in [0.15, 0.2) is 36.9 Å². The lowest BCUT2D eigenvalue weighted by atomic mass is 9.98. The third kappa shape index (κ3) is 2.50. The van der Waals surface area contributed by atoms with Crippen molar-refractivity contribution in [3.63, 3.8) is 0 Å². The molecule has 3 heteroatoms. The fourth-order valence-electron chi connectivity index (χ4n) is 1.91. The van der Waals surface area contributed by atoms with E-state index in [1.54, 1.807) is 18.6 Å². The van der Waals surface area contributed by atoms with Gasteiger partial charge in [-0.1, -0.05) is 13.0 Å². The molecule has 0 amide bonds. The summed E-state index contributed by atoms with van der Waals surface area (Å²) in [6, 6.07) is 3.82. The third-order valence-electron chi connectivity index (χ3n) is 2.83. The lowest BCUT2D eigenvalue weighted by molar-refractivity contribution is 0.218. The standard InChI is InChI=1S/C14H16N2O/c1-3-11-8-15-5-4-13(11)14(17)12-6-10(2)7-16-9-12/h4-9,14,17H,3H2,1-2H3. The number of hydrogen-bond donors (Lipinski definition) is 1. The normalized spacial score (nSPS) is 12.4. The van der Waals surface area contributed by atoms with E-state index in [1.165, 1.54) is 0 Å². The van der Waals surface area contributed by atoms with E-state index in [2.05, 4.69) is 16.9 Å². The number of nitrogens with zero attached hydrogens (tertiary/aromatic N) is 2. The van der Waals surface area contributed by atoms with E-state index in [9.17, 15) is 5.11 Å². The Bertz CT molecular complexity index is 511. The number of aryl methyl sites for hydroxylation is 2. The summed E-state index contributed by atoms with van der Waals surface area (Å²) in [5.41, 5.74) is 3.86. The maximum Gasteiger partial charge on any atom is 0.106 e. The van der Waals surface area contributed by atoms with Crippen LogP contribution in [-0.2, 0) is 6.42 Å². The molecule has 2 aromatic rings. The topological polar surface area (TPSA) is 46.0 Å². The van der Waals surface area contributed by atoms with Gasteiger partial charge in [-0.05, 0) is 36.1 Å². The summed E-state index contributed by atoms with van der Waals surface area (Å²) >= 11 is 0. The predicted molar refractivity (Wildman–Crippen MR) is 66.7 cm³/mol. The quantitative estimate of drug-likeness (QED) is 0.877.